The second kappa shape index (κ2) is 12.7. The molecule has 0 spiro atoms. The molecule has 1 aliphatic carbocycles. The van der Waals surface area contributed by atoms with E-state index in [-0.39, 0.29) is 0 Å². The summed E-state index contributed by atoms with van der Waals surface area (Å²) in [5.74, 6) is 4.13. The van der Waals surface area contributed by atoms with Crippen LogP contribution in [-0.4, -0.2) is 52.5 Å². The Morgan fingerprint density at radius 1 is 0.848 bits per heavy atom. The minimum absolute atomic E-state index is 0.648. The number of nitrogens with zero attached hydrogens (tertiary/aromatic N) is 1. The summed E-state index contributed by atoms with van der Waals surface area (Å²) < 4.78 is 22.4. The van der Waals surface area contributed by atoms with Crippen LogP contribution in [0.3, 0.4) is 0 Å². The summed E-state index contributed by atoms with van der Waals surface area (Å²) in [5, 5.41) is 0. The lowest BCUT2D eigenvalue weighted by molar-refractivity contribution is 0.286. The van der Waals surface area contributed by atoms with Crippen LogP contribution in [0.2, 0.25) is 0 Å². The normalized spacial score (nSPS) is 15.3. The zero-order valence-corrected chi connectivity index (χ0v) is 21.1. The van der Waals surface area contributed by atoms with E-state index >= 15 is 0 Å². The summed E-state index contributed by atoms with van der Waals surface area (Å²) in [5.41, 5.74) is 4.14. The number of rotatable bonds is 13. The molecule has 0 fully saturated rings. The molecule has 2 aromatic carbocycles. The van der Waals surface area contributed by atoms with Gasteiger partial charge in [0.15, 0.2) is 23.0 Å². The SMILES string of the molecule is CCOc1ccc(CCN(C)CCCC2CCc3cc(OC)c(OC)cc3C2)cc1OCC. The van der Waals surface area contributed by atoms with Crippen molar-refractivity contribution in [3.8, 4) is 23.0 Å². The molecule has 0 heterocycles. The van der Waals surface area contributed by atoms with Crippen LogP contribution in [0, 0.1) is 5.92 Å². The molecule has 0 aromatic heterocycles. The molecule has 1 aliphatic rings. The third-order valence-corrected chi connectivity index (χ3v) is 6.58. The highest BCUT2D eigenvalue weighted by Gasteiger charge is 2.21. The van der Waals surface area contributed by atoms with Gasteiger partial charge in [0.1, 0.15) is 0 Å². The number of benzene rings is 2. The first-order valence-electron chi connectivity index (χ1n) is 12.4. The lowest BCUT2D eigenvalue weighted by Gasteiger charge is -2.26. The molecule has 0 amide bonds. The Kier molecular flexibility index (Phi) is 9.74. The number of hydrogen-bond donors (Lipinski definition) is 0. The van der Waals surface area contributed by atoms with Crippen molar-refractivity contribution in [3.63, 3.8) is 0 Å². The van der Waals surface area contributed by atoms with Gasteiger partial charge in [0.2, 0.25) is 0 Å². The highest BCUT2D eigenvalue weighted by molar-refractivity contribution is 5.48. The highest BCUT2D eigenvalue weighted by Crippen LogP contribution is 2.36. The van der Waals surface area contributed by atoms with E-state index in [0.29, 0.717) is 13.2 Å². The smallest absolute Gasteiger partial charge is 0.161 e. The van der Waals surface area contributed by atoms with Crippen molar-refractivity contribution >= 4 is 0 Å². The van der Waals surface area contributed by atoms with Gasteiger partial charge in [-0.2, -0.15) is 0 Å². The number of fused-ring (bicyclic) bond motifs is 1. The van der Waals surface area contributed by atoms with Gasteiger partial charge in [-0.05, 0) is 113 Å². The van der Waals surface area contributed by atoms with Gasteiger partial charge in [0, 0.05) is 6.54 Å². The van der Waals surface area contributed by atoms with E-state index in [9.17, 15) is 0 Å². The van der Waals surface area contributed by atoms with Crippen molar-refractivity contribution in [1.29, 1.82) is 0 Å². The Labute approximate surface area is 200 Å². The molecule has 0 radical (unpaired) electrons. The maximum atomic E-state index is 5.77. The van der Waals surface area contributed by atoms with Gasteiger partial charge in [0.25, 0.3) is 0 Å². The van der Waals surface area contributed by atoms with Crippen LogP contribution >= 0.6 is 0 Å². The molecule has 0 saturated heterocycles. The van der Waals surface area contributed by atoms with Gasteiger partial charge in [-0.1, -0.05) is 6.07 Å². The standard InChI is InChI=1S/C28H41NO4/c1-6-32-25-13-11-22(18-28(25)33-7-2)14-16-29(3)15-8-9-21-10-12-23-19-26(30-4)27(31-5)20-24(23)17-21/h11,13,18-21H,6-10,12,14-17H2,1-5H3. The van der Waals surface area contributed by atoms with E-state index in [1.165, 1.54) is 36.0 Å². The second-order valence-electron chi connectivity index (χ2n) is 8.93. The van der Waals surface area contributed by atoms with Crippen LogP contribution in [0.1, 0.15) is 49.8 Å². The Balaban J connectivity index is 1.44. The lowest BCUT2D eigenvalue weighted by Crippen LogP contribution is -2.23. The fourth-order valence-corrected chi connectivity index (χ4v) is 4.74. The topological polar surface area (TPSA) is 40.2 Å². The first-order valence-corrected chi connectivity index (χ1v) is 12.4. The highest BCUT2D eigenvalue weighted by atomic mass is 16.5. The summed E-state index contributed by atoms with van der Waals surface area (Å²) in [4.78, 5) is 2.45. The predicted octanol–water partition coefficient (Wildman–Crippen LogP) is 5.56. The lowest BCUT2D eigenvalue weighted by atomic mass is 9.81. The van der Waals surface area contributed by atoms with Crippen LogP contribution in [0.25, 0.3) is 0 Å². The zero-order chi connectivity index (χ0) is 23.6. The van der Waals surface area contributed by atoms with Crippen LogP contribution in [0.15, 0.2) is 30.3 Å². The van der Waals surface area contributed by atoms with Gasteiger partial charge >= 0.3 is 0 Å². The van der Waals surface area contributed by atoms with Gasteiger partial charge in [-0.25, -0.2) is 0 Å². The number of likely N-dealkylation sites (N-methyl/N-ethyl adjacent to an activating group) is 1. The average Bonchev–Trinajstić information content (AvgIpc) is 2.83. The van der Waals surface area contributed by atoms with E-state index in [2.05, 4.69) is 36.2 Å². The van der Waals surface area contributed by atoms with Crippen molar-refractivity contribution in [2.45, 2.75) is 52.4 Å². The van der Waals surface area contributed by atoms with Crippen LogP contribution in [-0.2, 0) is 19.3 Å². The number of aryl methyl sites for hydroxylation is 1. The largest absolute Gasteiger partial charge is 0.493 e. The molecule has 1 unspecified atom stereocenters. The molecular formula is C28H41NO4. The van der Waals surface area contributed by atoms with E-state index in [1.54, 1.807) is 14.2 Å². The molecule has 0 aliphatic heterocycles. The van der Waals surface area contributed by atoms with Crippen molar-refractivity contribution in [2.75, 3.05) is 47.6 Å². The molecular weight excluding hydrogens is 414 g/mol. The first-order chi connectivity index (χ1) is 16.1. The van der Waals surface area contributed by atoms with Gasteiger partial charge in [0.05, 0.1) is 27.4 Å². The predicted molar refractivity (Wildman–Crippen MR) is 134 cm³/mol. The molecule has 0 bridgehead atoms. The second-order valence-corrected chi connectivity index (χ2v) is 8.93. The van der Waals surface area contributed by atoms with Gasteiger partial charge in [-0.15, -0.1) is 0 Å². The molecule has 5 heteroatoms. The van der Waals surface area contributed by atoms with Crippen LogP contribution in [0.4, 0.5) is 0 Å². The third kappa shape index (κ3) is 7.04. The maximum Gasteiger partial charge on any atom is 0.161 e. The minimum Gasteiger partial charge on any atom is -0.493 e. The Bertz CT molecular complexity index is 882. The van der Waals surface area contributed by atoms with E-state index in [4.69, 9.17) is 18.9 Å². The Hall–Kier alpha value is -2.40. The molecule has 1 atom stereocenters. The van der Waals surface area contributed by atoms with Gasteiger partial charge < -0.3 is 23.8 Å². The summed E-state index contributed by atoms with van der Waals surface area (Å²) >= 11 is 0. The first kappa shape index (κ1) is 25.2. The quantitative estimate of drug-likeness (QED) is 0.395. The number of ether oxygens (including phenoxy) is 4. The molecule has 0 saturated carbocycles. The van der Waals surface area contributed by atoms with Crippen molar-refractivity contribution in [1.82, 2.24) is 4.90 Å². The monoisotopic (exact) mass is 455 g/mol. The summed E-state index contributed by atoms with van der Waals surface area (Å²) in [6, 6.07) is 10.7. The van der Waals surface area contributed by atoms with Gasteiger partial charge in [-0.3, -0.25) is 0 Å². The molecule has 5 nitrogen and oxygen atoms in total. The van der Waals surface area contributed by atoms with Crippen LogP contribution in [0.5, 0.6) is 23.0 Å². The minimum atomic E-state index is 0.648. The number of methoxy groups -OCH3 is 2. The molecule has 2 aromatic rings. The summed E-state index contributed by atoms with van der Waals surface area (Å²) in [7, 11) is 5.65. The molecule has 3 rings (SSSR count). The van der Waals surface area contributed by atoms with Crippen molar-refractivity contribution in [2.24, 2.45) is 5.92 Å². The summed E-state index contributed by atoms with van der Waals surface area (Å²) in [6.07, 6.45) is 7.06. The summed E-state index contributed by atoms with van der Waals surface area (Å²) in [6.45, 7) is 7.48. The number of hydrogen-bond acceptors (Lipinski definition) is 5. The van der Waals surface area contributed by atoms with Crippen molar-refractivity contribution < 1.29 is 18.9 Å². The van der Waals surface area contributed by atoms with E-state index < -0.39 is 0 Å². The molecule has 0 N–H and O–H groups in total. The zero-order valence-electron chi connectivity index (χ0n) is 21.1. The fraction of sp³-hybridized carbons (Fsp3) is 0.571. The Morgan fingerprint density at radius 3 is 2.24 bits per heavy atom. The van der Waals surface area contributed by atoms with Crippen molar-refractivity contribution in [3.05, 3.63) is 47.0 Å². The Morgan fingerprint density at radius 2 is 1.55 bits per heavy atom. The fourth-order valence-electron chi connectivity index (χ4n) is 4.74. The van der Waals surface area contributed by atoms with E-state index in [0.717, 1.165) is 61.3 Å². The maximum absolute atomic E-state index is 5.77. The van der Waals surface area contributed by atoms with E-state index in [1.807, 2.05) is 19.9 Å². The van der Waals surface area contributed by atoms with Crippen LogP contribution < -0.4 is 18.9 Å². The third-order valence-electron chi connectivity index (χ3n) is 6.58. The average molecular weight is 456 g/mol. The molecule has 33 heavy (non-hydrogen) atoms. The molecule has 182 valence electrons.